The zero-order valence-corrected chi connectivity index (χ0v) is 16.3. The smallest absolute Gasteiger partial charge is 0.387 e. The van der Waals surface area contributed by atoms with Crippen molar-refractivity contribution in [1.82, 2.24) is 0 Å². The van der Waals surface area contributed by atoms with Gasteiger partial charge in [-0.3, -0.25) is 4.79 Å². The molecular formula is C19H13Cl2F2NO5. The first-order valence-electron chi connectivity index (χ1n) is 8.14. The fourth-order valence-electron chi connectivity index (χ4n) is 2.54. The molecule has 0 saturated heterocycles. The summed E-state index contributed by atoms with van der Waals surface area (Å²) in [5.41, 5.74) is 0.711. The number of benzene rings is 2. The maximum Gasteiger partial charge on any atom is 0.387 e. The molecule has 2 aromatic carbocycles. The number of anilines is 1. The number of hydrogen-bond acceptors (Lipinski definition) is 5. The minimum absolute atomic E-state index is 0.0907. The number of aryl methyl sites for hydroxylation is 1. The highest BCUT2D eigenvalue weighted by Crippen LogP contribution is 2.31. The van der Waals surface area contributed by atoms with E-state index in [-0.39, 0.29) is 32.8 Å². The topological polar surface area (TPSA) is 77.8 Å². The van der Waals surface area contributed by atoms with Crippen LogP contribution in [0.15, 0.2) is 45.6 Å². The molecule has 152 valence electrons. The number of fused-ring (bicyclic) bond motifs is 1. The van der Waals surface area contributed by atoms with Crippen LogP contribution in [0.25, 0.3) is 11.0 Å². The maximum absolute atomic E-state index is 12.2. The van der Waals surface area contributed by atoms with Crippen LogP contribution >= 0.6 is 23.2 Å². The van der Waals surface area contributed by atoms with E-state index in [1.807, 2.05) is 0 Å². The maximum atomic E-state index is 12.2. The molecule has 1 N–H and O–H groups in total. The predicted molar refractivity (Wildman–Crippen MR) is 104 cm³/mol. The summed E-state index contributed by atoms with van der Waals surface area (Å²) in [5.74, 6) is -0.608. The molecule has 0 saturated carbocycles. The van der Waals surface area contributed by atoms with Crippen molar-refractivity contribution < 1.29 is 27.5 Å². The lowest BCUT2D eigenvalue weighted by Crippen LogP contribution is -2.20. The van der Waals surface area contributed by atoms with Crippen molar-refractivity contribution >= 4 is 45.8 Å². The molecule has 0 atom stereocenters. The fraction of sp³-hybridized carbons (Fsp3) is 0.158. The lowest BCUT2D eigenvalue weighted by molar-refractivity contribution is -0.118. The van der Waals surface area contributed by atoms with Crippen LogP contribution in [-0.4, -0.2) is 19.1 Å². The molecule has 0 aliphatic rings. The lowest BCUT2D eigenvalue weighted by atomic mass is 10.1. The largest absolute Gasteiger partial charge is 0.482 e. The van der Waals surface area contributed by atoms with Crippen LogP contribution in [0, 0.1) is 6.92 Å². The van der Waals surface area contributed by atoms with Crippen molar-refractivity contribution in [2.75, 3.05) is 11.9 Å². The van der Waals surface area contributed by atoms with Crippen LogP contribution < -0.4 is 20.4 Å². The number of halogens is 4. The van der Waals surface area contributed by atoms with Crippen molar-refractivity contribution in [3.63, 3.8) is 0 Å². The summed E-state index contributed by atoms with van der Waals surface area (Å²) in [6, 6.07) is 8.15. The van der Waals surface area contributed by atoms with Crippen LogP contribution in [0.2, 0.25) is 10.0 Å². The second-order valence-corrected chi connectivity index (χ2v) is 6.70. The number of carbonyl (C=O) groups is 1. The molecule has 1 heterocycles. The second kappa shape index (κ2) is 8.67. The highest BCUT2D eigenvalue weighted by molar-refractivity contribution is 6.33. The van der Waals surface area contributed by atoms with Crippen molar-refractivity contribution in [2.24, 2.45) is 0 Å². The lowest BCUT2D eigenvalue weighted by Gasteiger charge is -2.11. The Balaban J connectivity index is 1.68. The first kappa shape index (κ1) is 20.9. The number of carbonyl (C=O) groups excluding carboxylic acids is 1. The first-order chi connectivity index (χ1) is 13.7. The van der Waals surface area contributed by atoms with Gasteiger partial charge in [-0.25, -0.2) is 4.79 Å². The van der Waals surface area contributed by atoms with Crippen molar-refractivity contribution in [2.45, 2.75) is 13.5 Å². The molecule has 1 amide bonds. The van der Waals surface area contributed by atoms with Crippen molar-refractivity contribution in [3.05, 3.63) is 62.4 Å². The normalized spacial score (nSPS) is 11.0. The zero-order chi connectivity index (χ0) is 21.1. The summed E-state index contributed by atoms with van der Waals surface area (Å²) in [6.07, 6.45) is 0. The molecule has 10 heteroatoms. The Morgan fingerprint density at radius 2 is 1.86 bits per heavy atom. The molecule has 0 bridgehead atoms. The van der Waals surface area contributed by atoms with E-state index in [0.29, 0.717) is 10.9 Å². The molecule has 0 spiro atoms. The van der Waals surface area contributed by atoms with Gasteiger partial charge in [0.05, 0.1) is 10.0 Å². The van der Waals surface area contributed by atoms with Gasteiger partial charge >= 0.3 is 12.2 Å². The molecule has 3 aromatic rings. The van der Waals surface area contributed by atoms with E-state index < -0.39 is 24.8 Å². The number of nitrogens with one attached hydrogen (secondary N) is 1. The molecule has 0 aliphatic heterocycles. The second-order valence-electron chi connectivity index (χ2n) is 5.89. The van der Waals surface area contributed by atoms with Gasteiger partial charge in [0, 0.05) is 23.2 Å². The van der Waals surface area contributed by atoms with E-state index in [9.17, 15) is 18.4 Å². The summed E-state index contributed by atoms with van der Waals surface area (Å²) in [7, 11) is 0. The summed E-state index contributed by atoms with van der Waals surface area (Å²) >= 11 is 12.0. The third kappa shape index (κ3) is 5.16. The Morgan fingerprint density at radius 3 is 2.55 bits per heavy atom. The number of alkyl halides is 2. The molecule has 6 nitrogen and oxygen atoms in total. The minimum Gasteiger partial charge on any atom is -0.482 e. The van der Waals surface area contributed by atoms with Crippen LogP contribution in [-0.2, 0) is 4.79 Å². The van der Waals surface area contributed by atoms with Crippen molar-refractivity contribution in [1.29, 1.82) is 0 Å². The fourth-order valence-corrected chi connectivity index (χ4v) is 2.98. The Hall–Kier alpha value is -2.84. The van der Waals surface area contributed by atoms with Gasteiger partial charge in [0.2, 0.25) is 0 Å². The molecule has 0 aliphatic carbocycles. The van der Waals surface area contributed by atoms with Gasteiger partial charge < -0.3 is 19.2 Å². The molecular weight excluding hydrogens is 431 g/mol. The van der Waals surface area contributed by atoms with E-state index in [0.717, 1.165) is 0 Å². The molecule has 0 radical (unpaired) electrons. The number of rotatable bonds is 6. The van der Waals surface area contributed by atoms with Gasteiger partial charge in [-0.1, -0.05) is 23.2 Å². The third-order valence-corrected chi connectivity index (χ3v) is 4.39. The summed E-state index contributed by atoms with van der Waals surface area (Å²) < 4.78 is 39.2. The van der Waals surface area contributed by atoms with Crippen LogP contribution in [0.4, 0.5) is 14.5 Å². The zero-order valence-electron chi connectivity index (χ0n) is 14.8. The third-order valence-electron chi connectivity index (χ3n) is 3.79. The first-order valence-corrected chi connectivity index (χ1v) is 8.89. The van der Waals surface area contributed by atoms with Crippen LogP contribution in [0.5, 0.6) is 11.5 Å². The standard InChI is InChI=1S/C19H13Cl2F2NO5/c1-9-4-18(26)28-15-7-16(13(21)6-11(9)15)27-8-17(25)24-10-2-3-14(12(20)5-10)29-19(22)23/h2-7,19H,8H2,1H3,(H,24,25). The van der Waals surface area contributed by atoms with Crippen molar-refractivity contribution in [3.8, 4) is 11.5 Å². The van der Waals surface area contributed by atoms with Gasteiger partial charge in [-0.05, 0) is 36.8 Å². The highest BCUT2D eigenvalue weighted by atomic mass is 35.5. The van der Waals surface area contributed by atoms with E-state index in [4.69, 9.17) is 32.4 Å². The molecule has 29 heavy (non-hydrogen) atoms. The van der Waals surface area contributed by atoms with Crippen LogP contribution in [0.1, 0.15) is 5.56 Å². The van der Waals surface area contributed by atoms with Gasteiger partial charge in [0.25, 0.3) is 5.91 Å². The predicted octanol–water partition coefficient (Wildman–Crippen LogP) is 5.03. The SMILES string of the molecule is Cc1cc(=O)oc2cc(OCC(=O)Nc3ccc(OC(F)F)c(Cl)c3)c(Cl)cc12. The highest BCUT2D eigenvalue weighted by Gasteiger charge is 2.13. The summed E-state index contributed by atoms with van der Waals surface area (Å²) in [6.45, 7) is -1.68. The number of ether oxygens (including phenoxy) is 2. The van der Waals surface area contributed by atoms with E-state index in [2.05, 4.69) is 10.1 Å². The quantitative estimate of drug-likeness (QED) is 0.540. The van der Waals surface area contributed by atoms with E-state index in [1.54, 1.807) is 13.0 Å². The summed E-state index contributed by atoms with van der Waals surface area (Å²) in [4.78, 5) is 23.6. The molecule has 0 unspecified atom stereocenters. The van der Waals surface area contributed by atoms with Gasteiger partial charge in [-0.15, -0.1) is 0 Å². The average molecular weight is 444 g/mol. The Labute approximate surface area is 172 Å². The number of amides is 1. The summed E-state index contributed by atoms with van der Waals surface area (Å²) in [5, 5.41) is 3.29. The Kier molecular flexibility index (Phi) is 6.24. The van der Waals surface area contributed by atoms with E-state index in [1.165, 1.54) is 30.3 Å². The van der Waals surface area contributed by atoms with Gasteiger partial charge in [0.1, 0.15) is 17.1 Å². The Bertz CT molecular complexity index is 1130. The van der Waals surface area contributed by atoms with Gasteiger partial charge in [-0.2, -0.15) is 8.78 Å². The molecule has 0 fully saturated rings. The minimum atomic E-state index is -3.01. The molecule has 1 aromatic heterocycles. The Morgan fingerprint density at radius 1 is 1.14 bits per heavy atom. The van der Waals surface area contributed by atoms with Gasteiger partial charge in [0.15, 0.2) is 6.61 Å². The van der Waals surface area contributed by atoms with Crippen LogP contribution in [0.3, 0.4) is 0 Å². The number of hydrogen-bond donors (Lipinski definition) is 1. The molecule has 3 rings (SSSR count). The van der Waals surface area contributed by atoms with E-state index >= 15 is 0 Å². The average Bonchev–Trinajstić information content (AvgIpc) is 2.62. The monoisotopic (exact) mass is 443 g/mol.